The molecule has 0 unspecified atom stereocenters. The third kappa shape index (κ3) is 3.60. The third-order valence-electron chi connectivity index (χ3n) is 3.66. The van der Waals surface area contributed by atoms with Gasteiger partial charge in [0, 0.05) is 22.4 Å². The molecule has 0 heterocycles. The molecule has 0 radical (unpaired) electrons. The van der Waals surface area contributed by atoms with Gasteiger partial charge in [0.15, 0.2) is 0 Å². The van der Waals surface area contributed by atoms with Crippen molar-refractivity contribution in [1.29, 1.82) is 0 Å². The molecule has 0 spiro atoms. The lowest BCUT2D eigenvalue weighted by Crippen LogP contribution is -2.45. The van der Waals surface area contributed by atoms with Crippen LogP contribution in [0.5, 0.6) is 0 Å². The van der Waals surface area contributed by atoms with Crippen LogP contribution in [-0.4, -0.2) is 28.7 Å². The number of hydrogen-bond acceptors (Lipinski definition) is 1. The van der Waals surface area contributed by atoms with E-state index in [1.165, 1.54) is 6.42 Å². The maximum absolute atomic E-state index is 12.7. The van der Waals surface area contributed by atoms with Gasteiger partial charge in [0.05, 0.1) is 5.56 Å². The fraction of sp³-hybridized carbons (Fsp3) is 0.533. The predicted octanol–water partition coefficient (Wildman–Crippen LogP) is 4.54. The van der Waals surface area contributed by atoms with Crippen molar-refractivity contribution >= 4 is 37.8 Å². The Labute approximate surface area is 131 Å². The van der Waals surface area contributed by atoms with Crippen LogP contribution in [0.1, 0.15) is 41.6 Å². The summed E-state index contributed by atoms with van der Waals surface area (Å²) >= 11 is 6.95. The van der Waals surface area contributed by atoms with Crippen LogP contribution in [-0.2, 0) is 0 Å². The molecule has 104 valence electrons. The lowest BCUT2D eigenvalue weighted by molar-refractivity contribution is 0.0580. The first-order chi connectivity index (χ1) is 9.13. The van der Waals surface area contributed by atoms with Crippen molar-refractivity contribution in [3.8, 4) is 0 Å². The summed E-state index contributed by atoms with van der Waals surface area (Å²) in [4.78, 5) is 14.8. The van der Waals surface area contributed by atoms with Crippen LogP contribution >= 0.6 is 31.9 Å². The number of aryl methyl sites for hydroxylation is 1. The highest BCUT2D eigenvalue weighted by Crippen LogP contribution is 2.28. The summed E-state index contributed by atoms with van der Waals surface area (Å²) < 4.78 is 0.895. The molecule has 2 rings (SSSR count). The summed E-state index contributed by atoms with van der Waals surface area (Å²) in [6.07, 6.45) is 4.55. The first-order valence-corrected chi connectivity index (χ1v) is 8.68. The van der Waals surface area contributed by atoms with Crippen molar-refractivity contribution in [2.45, 2.75) is 38.6 Å². The molecule has 0 N–H and O–H groups in total. The maximum atomic E-state index is 12.7. The fourth-order valence-electron chi connectivity index (χ4n) is 2.34. The van der Waals surface area contributed by atoms with Gasteiger partial charge in [-0.05, 0) is 60.7 Å². The zero-order valence-corrected chi connectivity index (χ0v) is 14.3. The molecule has 0 aliphatic heterocycles. The van der Waals surface area contributed by atoms with Gasteiger partial charge in [-0.3, -0.25) is 4.79 Å². The topological polar surface area (TPSA) is 20.3 Å². The Kier molecular flexibility index (Phi) is 5.46. The first-order valence-electron chi connectivity index (χ1n) is 6.76. The highest BCUT2D eigenvalue weighted by atomic mass is 79.9. The number of carbonyl (C=O) groups excluding carboxylic acids is 1. The van der Waals surface area contributed by atoms with Crippen molar-refractivity contribution in [2.24, 2.45) is 0 Å². The molecule has 1 saturated carbocycles. The van der Waals surface area contributed by atoms with Crippen LogP contribution in [0.4, 0.5) is 0 Å². The van der Waals surface area contributed by atoms with E-state index >= 15 is 0 Å². The molecule has 2 nitrogen and oxygen atoms in total. The number of alkyl halides is 1. The maximum Gasteiger partial charge on any atom is 0.255 e. The minimum atomic E-state index is 0.168. The second-order valence-corrected chi connectivity index (χ2v) is 6.76. The van der Waals surface area contributed by atoms with Crippen LogP contribution < -0.4 is 0 Å². The summed E-state index contributed by atoms with van der Waals surface area (Å²) in [5.41, 5.74) is 1.92. The van der Waals surface area contributed by atoms with E-state index < -0.39 is 0 Å². The number of carbonyl (C=O) groups is 1. The predicted molar refractivity (Wildman–Crippen MR) is 86.0 cm³/mol. The number of hydrogen-bond donors (Lipinski definition) is 0. The molecule has 1 aliphatic rings. The highest BCUT2D eigenvalue weighted by Gasteiger charge is 2.29. The minimum Gasteiger partial charge on any atom is -0.336 e. The van der Waals surface area contributed by atoms with Gasteiger partial charge in [-0.15, -0.1) is 0 Å². The number of benzene rings is 1. The van der Waals surface area contributed by atoms with Crippen molar-refractivity contribution in [1.82, 2.24) is 4.90 Å². The van der Waals surface area contributed by atoms with E-state index in [-0.39, 0.29) is 5.91 Å². The number of rotatable bonds is 5. The zero-order valence-electron chi connectivity index (χ0n) is 11.2. The van der Waals surface area contributed by atoms with Crippen LogP contribution in [0, 0.1) is 6.92 Å². The summed E-state index contributed by atoms with van der Waals surface area (Å²) in [5, 5.41) is 0.943. The van der Waals surface area contributed by atoms with Gasteiger partial charge in [0.25, 0.3) is 5.91 Å². The van der Waals surface area contributed by atoms with Gasteiger partial charge < -0.3 is 4.90 Å². The van der Waals surface area contributed by atoms with Gasteiger partial charge in [-0.1, -0.05) is 27.6 Å². The molecule has 0 saturated heterocycles. The molecule has 19 heavy (non-hydrogen) atoms. The molecule has 1 aromatic carbocycles. The van der Waals surface area contributed by atoms with Crippen molar-refractivity contribution < 1.29 is 4.79 Å². The van der Waals surface area contributed by atoms with Gasteiger partial charge in [-0.25, -0.2) is 0 Å². The van der Waals surface area contributed by atoms with E-state index in [4.69, 9.17) is 0 Å². The van der Waals surface area contributed by atoms with Crippen molar-refractivity contribution in [3.63, 3.8) is 0 Å². The number of nitrogens with zero attached hydrogens (tertiary/aromatic N) is 1. The van der Waals surface area contributed by atoms with E-state index in [1.807, 2.05) is 25.1 Å². The van der Waals surface area contributed by atoms with E-state index in [1.54, 1.807) is 0 Å². The Balaban J connectivity index is 2.19. The molecule has 0 atom stereocenters. The second kappa shape index (κ2) is 6.89. The molecule has 1 aromatic rings. The van der Waals surface area contributed by atoms with E-state index in [9.17, 15) is 4.79 Å². The second-order valence-electron chi connectivity index (χ2n) is 5.11. The fourth-order valence-corrected chi connectivity index (χ4v) is 3.00. The average Bonchev–Trinajstić information content (AvgIpc) is 2.34. The molecular formula is C15H19Br2NO. The van der Waals surface area contributed by atoms with Gasteiger partial charge in [0.2, 0.25) is 0 Å². The highest BCUT2D eigenvalue weighted by molar-refractivity contribution is 9.10. The number of amides is 1. The Morgan fingerprint density at radius 1 is 1.42 bits per heavy atom. The standard InChI is InChI=1S/C15H19Br2NO/c1-11-6-7-14(17)13(10-11)15(19)18(9-3-8-16)12-4-2-5-12/h6-7,10,12H,2-5,8-9H2,1H3. The van der Waals surface area contributed by atoms with Crippen molar-refractivity contribution in [2.75, 3.05) is 11.9 Å². The quantitative estimate of drug-likeness (QED) is 0.678. The molecule has 0 bridgehead atoms. The lowest BCUT2D eigenvalue weighted by Gasteiger charge is -2.38. The van der Waals surface area contributed by atoms with Gasteiger partial charge in [0.1, 0.15) is 0 Å². The zero-order chi connectivity index (χ0) is 13.8. The van der Waals surface area contributed by atoms with Gasteiger partial charge in [-0.2, -0.15) is 0 Å². The van der Waals surface area contributed by atoms with Crippen LogP contribution in [0.3, 0.4) is 0 Å². The normalized spacial score (nSPS) is 15.1. The SMILES string of the molecule is Cc1ccc(Br)c(C(=O)N(CCCBr)C2CCC2)c1. The molecule has 0 aromatic heterocycles. The summed E-state index contributed by atoms with van der Waals surface area (Å²) in [6.45, 7) is 2.87. The Morgan fingerprint density at radius 3 is 2.74 bits per heavy atom. The third-order valence-corrected chi connectivity index (χ3v) is 4.91. The smallest absolute Gasteiger partial charge is 0.255 e. The van der Waals surface area contributed by atoms with Crippen molar-refractivity contribution in [3.05, 3.63) is 33.8 Å². The van der Waals surface area contributed by atoms with E-state index in [0.717, 1.165) is 46.7 Å². The van der Waals surface area contributed by atoms with Crippen LogP contribution in [0.25, 0.3) is 0 Å². The average molecular weight is 389 g/mol. The van der Waals surface area contributed by atoms with Gasteiger partial charge >= 0.3 is 0 Å². The minimum absolute atomic E-state index is 0.168. The van der Waals surface area contributed by atoms with Crippen LogP contribution in [0.2, 0.25) is 0 Å². The number of halogens is 2. The molecule has 1 fully saturated rings. The summed E-state index contributed by atoms with van der Waals surface area (Å²) in [6, 6.07) is 6.41. The molecule has 1 aliphatic carbocycles. The summed E-state index contributed by atoms with van der Waals surface area (Å²) in [7, 11) is 0. The summed E-state index contributed by atoms with van der Waals surface area (Å²) in [5.74, 6) is 0.168. The Hall–Kier alpha value is -0.350. The first kappa shape index (κ1) is 15.0. The molecule has 1 amide bonds. The Bertz CT molecular complexity index is 457. The largest absolute Gasteiger partial charge is 0.336 e. The molecule has 4 heteroatoms. The molecular weight excluding hydrogens is 370 g/mol. The monoisotopic (exact) mass is 387 g/mol. The van der Waals surface area contributed by atoms with E-state index in [2.05, 4.69) is 36.8 Å². The lowest BCUT2D eigenvalue weighted by atomic mass is 9.90. The van der Waals surface area contributed by atoms with E-state index in [0.29, 0.717) is 6.04 Å². The Morgan fingerprint density at radius 2 is 2.16 bits per heavy atom. The van der Waals surface area contributed by atoms with Crippen LogP contribution in [0.15, 0.2) is 22.7 Å².